The van der Waals surface area contributed by atoms with Crippen LogP contribution in [0.1, 0.15) is 27.0 Å². The molecule has 2 aromatic heterocycles. The fraction of sp³-hybridized carbons (Fsp3) is 0.103. The molecular weight excluding hydrogens is 470 g/mol. The zero-order chi connectivity index (χ0) is 24.9. The summed E-state index contributed by atoms with van der Waals surface area (Å²) in [6.45, 7) is 1.52. The van der Waals surface area contributed by atoms with Gasteiger partial charge >= 0.3 is 0 Å². The number of halogens is 1. The molecule has 0 fully saturated rings. The maximum Gasteiger partial charge on any atom is 0.251 e. The number of nitrogens with zero attached hydrogens (tertiary/aromatic N) is 2. The van der Waals surface area contributed by atoms with Crippen LogP contribution >= 0.6 is 11.6 Å². The largest absolute Gasteiger partial charge is 0.365 e. The molecule has 0 atom stereocenters. The number of benzene rings is 3. The zero-order valence-electron chi connectivity index (χ0n) is 19.6. The van der Waals surface area contributed by atoms with E-state index < -0.39 is 0 Å². The minimum absolute atomic E-state index is 0.165. The van der Waals surface area contributed by atoms with Crippen molar-refractivity contribution < 1.29 is 4.79 Å². The van der Waals surface area contributed by atoms with E-state index >= 15 is 0 Å². The van der Waals surface area contributed by atoms with Gasteiger partial charge in [0.2, 0.25) is 0 Å². The minimum atomic E-state index is -0.165. The summed E-state index contributed by atoms with van der Waals surface area (Å²) in [6.07, 6.45) is 1.87. The molecule has 6 nitrogen and oxygen atoms in total. The Bertz CT molecular complexity index is 1510. The third-order valence-electron chi connectivity index (χ3n) is 5.97. The summed E-state index contributed by atoms with van der Waals surface area (Å²) in [7, 11) is 0. The van der Waals surface area contributed by atoms with Crippen molar-refractivity contribution in [2.24, 2.45) is 5.73 Å². The molecule has 0 aliphatic rings. The number of anilines is 1. The Morgan fingerprint density at radius 3 is 2.44 bits per heavy atom. The van der Waals surface area contributed by atoms with Gasteiger partial charge < -0.3 is 16.4 Å². The Morgan fingerprint density at radius 2 is 1.64 bits per heavy atom. The lowest BCUT2D eigenvalue weighted by Gasteiger charge is -2.10. The van der Waals surface area contributed by atoms with Gasteiger partial charge in [-0.25, -0.2) is 4.98 Å². The normalized spacial score (nSPS) is 10.9. The van der Waals surface area contributed by atoms with Crippen molar-refractivity contribution in [2.45, 2.75) is 19.6 Å². The molecular formula is C29H26ClN5O. The molecule has 0 radical (unpaired) electrons. The number of nitrogens with two attached hydrogens (primary N) is 1. The van der Waals surface area contributed by atoms with Crippen molar-refractivity contribution in [1.82, 2.24) is 14.7 Å². The van der Waals surface area contributed by atoms with E-state index in [2.05, 4.69) is 22.8 Å². The first-order chi connectivity index (χ1) is 17.6. The summed E-state index contributed by atoms with van der Waals surface area (Å²) in [5.74, 6) is 0.670. The molecule has 1 amide bonds. The summed E-state index contributed by atoms with van der Waals surface area (Å²) in [5, 5.41) is 7.15. The predicted molar refractivity (Wildman–Crippen MR) is 145 cm³/mol. The molecule has 5 rings (SSSR count). The molecule has 0 aliphatic carbocycles. The van der Waals surface area contributed by atoms with E-state index in [4.69, 9.17) is 22.3 Å². The molecule has 0 aliphatic heterocycles. The van der Waals surface area contributed by atoms with Crippen molar-refractivity contribution >= 4 is 29.0 Å². The van der Waals surface area contributed by atoms with E-state index in [-0.39, 0.29) is 5.91 Å². The number of carbonyl (C=O) groups is 1. The molecule has 2 heterocycles. The van der Waals surface area contributed by atoms with Crippen LogP contribution < -0.4 is 16.4 Å². The van der Waals surface area contributed by atoms with Gasteiger partial charge in [0.25, 0.3) is 5.91 Å². The lowest BCUT2D eigenvalue weighted by molar-refractivity contribution is 0.0951. The van der Waals surface area contributed by atoms with Crippen LogP contribution in [-0.2, 0) is 19.6 Å². The highest BCUT2D eigenvalue weighted by molar-refractivity contribution is 6.30. The lowest BCUT2D eigenvalue weighted by atomic mass is 10.1. The number of aromatic nitrogens is 2. The van der Waals surface area contributed by atoms with E-state index in [1.54, 1.807) is 12.1 Å². The quantitative estimate of drug-likeness (QED) is 0.259. The topological polar surface area (TPSA) is 84.5 Å². The Morgan fingerprint density at radius 1 is 0.861 bits per heavy atom. The molecule has 0 saturated heterocycles. The van der Waals surface area contributed by atoms with E-state index in [9.17, 15) is 4.79 Å². The predicted octanol–water partition coefficient (Wildman–Crippen LogP) is 5.66. The number of hydrogen-bond acceptors (Lipinski definition) is 4. The van der Waals surface area contributed by atoms with Crippen LogP contribution in [0.25, 0.3) is 16.9 Å². The fourth-order valence-corrected chi connectivity index (χ4v) is 4.31. The van der Waals surface area contributed by atoms with E-state index in [1.165, 1.54) is 0 Å². The van der Waals surface area contributed by atoms with Gasteiger partial charge in [0, 0.05) is 42.0 Å². The maximum atomic E-state index is 12.9. The van der Waals surface area contributed by atoms with Crippen LogP contribution in [0.5, 0.6) is 0 Å². The molecule has 36 heavy (non-hydrogen) atoms. The van der Waals surface area contributed by atoms with Gasteiger partial charge in [0.15, 0.2) is 0 Å². The van der Waals surface area contributed by atoms with Crippen LogP contribution in [0.3, 0.4) is 0 Å². The second-order valence-corrected chi connectivity index (χ2v) is 8.95. The van der Waals surface area contributed by atoms with Crippen LogP contribution in [0, 0.1) is 0 Å². The van der Waals surface area contributed by atoms with Crippen molar-refractivity contribution in [3.05, 3.63) is 124 Å². The van der Waals surface area contributed by atoms with E-state index in [0.29, 0.717) is 35.9 Å². The third-order valence-corrected chi connectivity index (χ3v) is 6.20. The van der Waals surface area contributed by atoms with Crippen LogP contribution in [0.4, 0.5) is 5.82 Å². The molecule has 4 N–H and O–H groups in total. The van der Waals surface area contributed by atoms with Gasteiger partial charge in [-0.1, -0.05) is 78.3 Å². The van der Waals surface area contributed by atoms with Crippen molar-refractivity contribution in [1.29, 1.82) is 0 Å². The highest BCUT2D eigenvalue weighted by Crippen LogP contribution is 2.31. The Balaban J connectivity index is 1.44. The van der Waals surface area contributed by atoms with Gasteiger partial charge in [-0.05, 0) is 41.0 Å². The average molecular weight is 496 g/mol. The number of carbonyl (C=O) groups excluding carboxylic acids is 1. The summed E-state index contributed by atoms with van der Waals surface area (Å²) in [5.41, 5.74) is 11.8. The zero-order valence-corrected chi connectivity index (χ0v) is 20.4. The first-order valence-electron chi connectivity index (χ1n) is 11.7. The summed E-state index contributed by atoms with van der Waals surface area (Å²) in [4.78, 5) is 17.8. The summed E-state index contributed by atoms with van der Waals surface area (Å²) in [6, 6.07) is 29.3. The van der Waals surface area contributed by atoms with Gasteiger partial charge in [-0.3, -0.25) is 9.20 Å². The van der Waals surface area contributed by atoms with Crippen LogP contribution in [0.15, 0.2) is 97.2 Å². The minimum Gasteiger partial charge on any atom is -0.365 e. The molecule has 5 aromatic rings. The van der Waals surface area contributed by atoms with Crippen LogP contribution in [-0.4, -0.2) is 15.3 Å². The number of pyridine rings is 1. The molecule has 0 unspecified atom stereocenters. The van der Waals surface area contributed by atoms with Gasteiger partial charge in [-0.15, -0.1) is 0 Å². The van der Waals surface area contributed by atoms with Gasteiger partial charge in [-0.2, -0.15) is 0 Å². The fourth-order valence-electron chi connectivity index (χ4n) is 4.12. The smallest absolute Gasteiger partial charge is 0.251 e. The monoisotopic (exact) mass is 495 g/mol. The van der Waals surface area contributed by atoms with Crippen LogP contribution in [0.2, 0.25) is 5.02 Å². The van der Waals surface area contributed by atoms with Crippen molar-refractivity contribution in [2.75, 3.05) is 5.32 Å². The molecule has 7 heteroatoms. The standard InChI is InChI=1S/C29H26ClN5O/c30-25-11-5-10-23(15-25)27-28(32-18-20-6-2-1-3-7-20)35-13-12-24(16-26(35)34-27)29(36)33-19-22-9-4-8-21(14-22)17-31/h1-16,32H,17-19,31H2,(H,33,36). The molecule has 0 spiro atoms. The van der Waals surface area contributed by atoms with E-state index in [0.717, 1.165) is 33.8 Å². The highest BCUT2D eigenvalue weighted by atomic mass is 35.5. The molecule has 0 bridgehead atoms. The second-order valence-electron chi connectivity index (χ2n) is 8.51. The lowest BCUT2D eigenvalue weighted by Crippen LogP contribution is -2.23. The summed E-state index contributed by atoms with van der Waals surface area (Å²) >= 11 is 6.27. The second kappa shape index (κ2) is 10.6. The van der Waals surface area contributed by atoms with Crippen molar-refractivity contribution in [3.8, 4) is 11.3 Å². The Labute approximate surface area is 214 Å². The number of nitrogens with one attached hydrogen (secondary N) is 2. The Hall–Kier alpha value is -4.13. The first-order valence-corrected chi connectivity index (χ1v) is 12.1. The SMILES string of the molecule is NCc1cccc(CNC(=O)c2ccn3c(NCc4ccccc4)c(-c4cccc(Cl)c4)nc3c2)c1. The maximum absolute atomic E-state index is 12.9. The number of fused-ring (bicyclic) bond motifs is 1. The van der Waals surface area contributed by atoms with E-state index in [1.807, 2.05) is 77.3 Å². The highest BCUT2D eigenvalue weighted by Gasteiger charge is 2.16. The average Bonchev–Trinajstić information content (AvgIpc) is 3.29. The number of rotatable bonds is 8. The number of hydrogen-bond donors (Lipinski definition) is 3. The van der Waals surface area contributed by atoms with Gasteiger partial charge in [0.1, 0.15) is 17.2 Å². The Kier molecular flexibility index (Phi) is 6.98. The number of imidazole rings is 1. The molecule has 3 aromatic carbocycles. The first kappa shape index (κ1) is 23.6. The number of amides is 1. The summed E-state index contributed by atoms with van der Waals surface area (Å²) < 4.78 is 1.96. The molecule has 180 valence electrons. The third kappa shape index (κ3) is 5.25. The van der Waals surface area contributed by atoms with Gasteiger partial charge in [0.05, 0.1) is 0 Å². The molecule has 0 saturated carbocycles. The van der Waals surface area contributed by atoms with Crippen molar-refractivity contribution in [3.63, 3.8) is 0 Å².